The molecule has 6 nitrogen and oxygen atoms in total. The molecule has 0 saturated heterocycles. The van der Waals surface area contributed by atoms with E-state index in [1.807, 2.05) is 20.8 Å². The maximum Gasteiger partial charge on any atom is 0.244 e. The molecule has 2 rings (SSSR count). The summed E-state index contributed by atoms with van der Waals surface area (Å²) in [5, 5.41) is 9.03. The lowest BCUT2D eigenvalue weighted by Gasteiger charge is -2.51. The van der Waals surface area contributed by atoms with Gasteiger partial charge >= 0.3 is 0 Å². The highest BCUT2D eigenvalue weighted by Gasteiger charge is 2.50. The Kier molecular flexibility index (Phi) is 4.49. The van der Waals surface area contributed by atoms with Crippen LogP contribution >= 0.6 is 0 Å². The predicted molar refractivity (Wildman–Crippen MR) is 77.3 cm³/mol. The number of aliphatic hydroxyl groups excluding tert-OH is 1. The summed E-state index contributed by atoms with van der Waals surface area (Å²) in [6.45, 7) is 7.78. The lowest BCUT2D eigenvalue weighted by molar-refractivity contribution is -0.108. The minimum atomic E-state index is -3.66. The van der Waals surface area contributed by atoms with Gasteiger partial charge in [0, 0.05) is 24.1 Å². The zero-order valence-electron chi connectivity index (χ0n) is 12.8. The molecule has 2 unspecified atom stereocenters. The highest BCUT2D eigenvalue weighted by Crippen LogP contribution is 2.43. The van der Waals surface area contributed by atoms with Gasteiger partial charge in [-0.1, -0.05) is 13.8 Å². The number of hydrogen-bond acceptors (Lipinski definition) is 5. The van der Waals surface area contributed by atoms with Crippen LogP contribution in [0.2, 0.25) is 0 Å². The Labute approximate surface area is 125 Å². The van der Waals surface area contributed by atoms with Crippen molar-refractivity contribution in [1.29, 1.82) is 0 Å². The van der Waals surface area contributed by atoms with Gasteiger partial charge in [0.05, 0.1) is 6.10 Å². The number of aryl methyl sites for hydroxylation is 1. The molecule has 1 aliphatic rings. The van der Waals surface area contributed by atoms with Crippen LogP contribution in [0.25, 0.3) is 0 Å². The molecule has 0 aromatic carbocycles. The molecule has 2 atom stereocenters. The second-order valence-corrected chi connectivity index (χ2v) is 7.65. The molecule has 0 amide bonds. The Bertz CT molecular complexity index is 605. The first-order chi connectivity index (χ1) is 9.72. The molecule has 0 bridgehead atoms. The summed E-state index contributed by atoms with van der Waals surface area (Å²) in [7, 11) is -3.66. The van der Waals surface area contributed by atoms with Gasteiger partial charge in [-0.3, -0.25) is 0 Å². The van der Waals surface area contributed by atoms with E-state index in [1.165, 1.54) is 6.07 Å². The first-order valence-corrected chi connectivity index (χ1v) is 8.54. The number of nitrogens with one attached hydrogen (secondary N) is 1. The summed E-state index contributed by atoms with van der Waals surface area (Å²) in [5.41, 5.74) is -0.249. The van der Waals surface area contributed by atoms with Gasteiger partial charge in [-0.05, 0) is 20.3 Å². The third-order valence-corrected chi connectivity index (χ3v) is 5.79. The van der Waals surface area contributed by atoms with Crippen LogP contribution < -0.4 is 4.72 Å². The standard InChI is InChI=1S/C14H23NO5S/c1-5-19-13-7-12(14(13,3)4)15-21(17,18)11-6-10(8-16)20-9(11)2/h6,12-13,15-16H,5,7-8H2,1-4H3. The number of ether oxygens (including phenoxy) is 1. The van der Waals surface area contributed by atoms with E-state index >= 15 is 0 Å². The molecule has 7 heteroatoms. The molecule has 0 aliphatic heterocycles. The molecule has 1 fully saturated rings. The third-order valence-electron chi connectivity index (χ3n) is 4.21. The maximum atomic E-state index is 12.4. The SMILES string of the molecule is CCOC1CC(NS(=O)(=O)c2cc(CO)oc2C)C1(C)C. The van der Waals surface area contributed by atoms with Gasteiger partial charge in [0.25, 0.3) is 0 Å². The number of rotatable bonds is 6. The highest BCUT2D eigenvalue weighted by atomic mass is 32.2. The number of sulfonamides is 1. The highest BCUT2D eigenvalue weighted by molar-refractivity contribution is 7.89. The summed E-state index contributed by atoms with van der Waals surface area (Å²) in [5.74, 6) is 0.526. The average molecular weight is 317 g/mol. The Morgan fingerprint density at radius 2 is 2.19 bits per heavy atom. The number of hydrogen-bond donors (Lipinski definition) is 2. The third kappa shape index (κ3) is 3.01. The van der Waals surface area contributed by atoms with Crippen molar-refractivity contribution in [2.75, 3.05) is 6.61 Å². The molecular formula is C14H23NO5S. The maximum absolute atomic E-state index is 12.4. The molecule has 1 aromatic heterocycles. The van der Waals surface area contributed by atoms with Gasteiger partial charge in [-0.15, -0.1) is 0 Å². The van der Waals surface area contributed by atoms with Crippen molar-refractivity contribution in [1.82, 2.24) is 4.72 Å². The zero-order chi connectivity index (χ0) is 15.8. The van der Waals surface area contributed by atoms with Crippen LogP contribution in [-0.2, 0) is 21.4 Å². The zero-order valence-corrected chi connectivity index (χ0v) is 13.7. The second-order valence-electron chi connectivity index (χ2n) is 5.97. The first kappa shape index (κ1) is 16.5. The minimum Gasteiger partial charge on any atom is -0.462 e. The van der Waals surface area contributed by atoms with Crippen LogP contribution in [0.1, 0.15) is 38.7 Å². The van der Waals surface area contributed by atoms with Gasteiger partial charge in [-0.25, -0.2) is 13.1 Å². The molecule has 120 valence electrons. The Balaban J connectivity index is 2.14. The smallest absolute Gasteiger partial charge is 0.244 e. The normalized spacial score (nSPS) is 24.8. The van der Waals surface area contributed by atoms with Crippen molar-refractivity contribution in [2.24, 2.45) is 5.41 Å². The largest absolute Gasteiger partial charge is 0.462 e. The van der Waals surface area contributed by atoms with Crippen LogP contribution in [0.3, 0.4) is 0 Å². The van der Waals surface area contributed by atoms with E-state index in [2.05, 4.69) is 4.72 Å². The van der Waals surface area contributed by atoms with Gasteiger partial charge in [0.2, 0.25) is 10.0 Å². The van der Waals surface area contributed by atoms with Gasteiger partial charge in [0.1, 0.15) is 23.0 Å². The van der Waals surface area contributed by atoms with Crippen molar-refractivity contribution in [3.63, 3.8) is 0 Å². The Morgan fingerprint density at radius 3 is 2.67 bits per heavy atom. The molecule has 1 aromatic rings. The summed E-state index contributed by atoms with van der Waals surface area (Å²) in [6.07, 6.45) is 0.720. The van der Waals surface area contributed by atoms with E-state index < -0.39 is 10.0 Å². The van der Waals surface area contributed by atoms with E-state index in [1.54, 1.807) is 6.92 Å². The van der Waals surface area contributed by atoms with Crippen molar-refractivity contribution >= 4 is 10.0 Å². The predicted octanol–water partition coefficient (Wildman–Crippen LogP) is 1.56. The van der Waals surface area contributed by atoms with Crippen LogP contribution in [0.15, 0.2) is 15.4 Å². The first-order valence-electron chi connectivity index (χ1n) is 7.06. The Morgan fingerprint density at radius 1 is 1.52 bits per heavy atom. The van der Waals surface area contributed by atoms with Gasteiger partial charge < -0.3 is 14.3 Å². The fourth-order valence-corrected chi connectivity index (χ4v) is 4.30. The van der Waals surface area contributed by atoms with Crippen molar-refractivity contribution < 1.29 is 22.7 Å². The molecule has 1 heterocycles. The van der Waals surface area contributed by atoms with E-state index in [9.17, 15) is 8.42 Å². The summed E-state index contributed by atoms with van der Waals surface area (Å²) in [6, 6.07) is 1.19. The van der Waals surface area contributed by atoms with Crippen LogP contribution in [-0.4, -0.2) is 32.3 Å². The Hall–Kier alpha value is -0.890. The van der Waals surface area contributed by atoms with E-state index in [4.69, 9.17) is 14.3 Å². The van der Waals surface area contributed by atoms with E-state index in [0.29, 0.717) is 13.0 Å². The summed E-state index contributed by atoms with van der Waals surface area (Å²) in [4.78, 5) is 0.0854. The summed E-state index contributed by atoms with van der Waals surface area (Å²) >= 11 is 0. The van der Waals surface area contributed by atoms with E-state index in [0.717, 1.165) is 0 Å². The average Bonchev–Trinajstić information content (AvgIpc) is 2.80. The van der Waals surface area contributed by atoms with Gasteiger partial charge in [0.15, 0.2) is 0 Å². The number of aliphatic hydroxyl groups is 1. The lowest BCUT2D eigenvalue weighted by atomic mass is 9.65. The molecule has 21 heavy (non-hydrogen) atoms. The van der Waals surface area contributed by atoms with Crippen molar-refractivity contribution in [2.45, 2.75) is 57.8 Å². The molecule has 1 saturated carbocycles. The minimum absolute atomic E-state index is 0.0636. The lowest BCUT2D eigenvalue weighted by Crippen LogP contribution is -2.61. The fourth-order valence-electron chi connectivity index (χ4n) is 2.69. The molecule has 0 radical (unpaired) electrons. The van der Waals surface area contributed by atoms with Crippen molar-refractivity contribution in [3.8, 4) is 0 Å². The second kappa shape index (κ2) is 5.72. The number of furan rings is 1. The van der Waals surface area contributed by atoms with Crippen LogP contribution in [0, 0.1) is 12.3 Å². The summed E-state index contributed by atoms with van der Waals surface area (Å²) < 4.78 is 38.4. The topological polar surface area (TPSA) is 88.8 Å². The molecular weight excluding hydrogens is 294 g/mol. The molecule has 0 spiro atoms. The van der Waals surface area contributed by atoms with E-state index in [-0.39, 0.29) is 40.6 Å². The van der Waals surface area contributed by atoms with Gasteiger partial charge in [-0.2, -0.15) is 0 Å². The van der Waals surface area contributed by atoms with Crippen molar-refractivity contribution in [3.05, 3.63) is 17.6 Å². The quantitative estimate of drug-likeness (QED) is 0.831. The molecule has 2 N–H and O–H groups in total. The monoisotopic (exact) mass is 317 g/mol. The van der Waals surface area contributed by atoms with Crippen LogP contribution in [0.4, 0.5) is 0 Å². The molecule has 1 aliphatic carbocycles. The van der Waals surface area contributed by atoms with Crippen LogP contribution in [0.5, 0.6) is 0 Å². The fraction of sp³-hybridized carbons (Fsp3) is 0.714.